The Bertz CT molecular complexity index is 849. The molecule has 1 aromatic heterocycles. The Hall–Kier alpha value is -1.86. The van der Waals surface area contributed by atoms with Gasteiger partial charge in [0, 0.05) is 10.6 Å². The fraction of sp³-hybridized carbons (Fsp3) is 0.500. The zero-order chi connectivity index (χ0) is 22.8. The lowest BCUT2D eigenvalue weighted by molar-refractivity contribution is -0.117. The van der Waals surface area contributed by atoms with Gasteiger partial charge in [-0.2, -0.15) is 0 Å². The Morgan fingerprint density at radius 3 is 2.42 bits per heavy atom. The van der Waals surface area contributed by atoms with Crippen molar-refractivity contribution in [2.24, 2.45) is 0 Å². The molecule has 5 nitrogen and oxygen atoms in total. The van der Waals surface area contributed by atoms with E-state index in [1.165, 1.54) is 6.42 Å². The number of aryl methyl sites for hydroxylation is 1. The maximum Gasteiger partial charge on any atom is 0.232 e. The van der Waals surface area contributed by atoms with E-state index >= 15 is 0 Å². The summed E-state index contributed by atoms with van der Waals surface area (Å²) in [6, 6.07) is 7.77. The SMILES string of the molecule is CCCCCCC(C(=O)Nc1c(SC)cc(C)nc1SC)c1ccc(OC)c(OC)c1. The van der Waals surface area contributed by atoms with Crippen LogP contribution in [0.4, 0.5) is 5.69 Å². The average molecular weight is 463 g/mol. The van der Waals surface area contributed by atoms with Gasteiger partial charge < -0.3 is 14.8 Å². The van der Waals surface area contributed by atoms with Gasteiger partial charge in [0.2, 0.25) is 5.91 Å². The van der Waals surface area contributed by atoms with Gasteiger partial charge >= 0.3 is 0 Å². The third kappa shape index (κ3) is 6.81. The fourth-order valence-corrected chi connectivity index (χ4v) is 4.85. The Labute approximate surface area is 195 Å². The topological polar surface area (TPSA) is 60.5 Å². The lowest BCUT2D eigenvalue weighted by Gasteiger charge is -2.21. The van der Waals surface area contributed by atoms with Crippen molar-refractivity contribution < 1.29 is 14.3 Å². The van der Waals surface area contributed by atoms with Crippen LogP contribution in [-0.2, 0) is 4.79 Å². The normalized spacial score (nSPS) is 11.8. The second-order valence-electron chi connectivity index (χ2n) is 7.36. The first-order valence-corrected chi connectivity index (χ1v) is 13.1. The van der Waals surface area contributed by atoms with E-state index in [0.717, 1.165) is 52.5 Å². The van der Waals surface area contributed by atoms with Gasteiger partial charge in [-0.1, -0.05) is 38.7 Å². The molecule has 1 aromatic carbocycles. The summed E-state index contributed by atoms with van der Waals surface area (Å²) in [5, 5.41) is 4.04. The molecule has 2 rings (SSSR count). The molecule has 1 heterocycles. The van der Waals surface area contributed by atoms with Gasteiger partial charge in [0.1, 0.15) is 5.03 Å². The quantitative estimate of drug-likeness (QED) is 0.285. The van der Waals surface area contributed by atoms with Crippen molar-refractivity contribution in [3.63, 3.8) is 0 Å². The summed E-state index contributed by atoms with van der Waals surface area (Å²) >= 11 is 3.17. The summed E-state index contributed by atoms with van der Waals surface area (Å²) in [5.41, 5.74) is 2.68. The molecule has 2 aromatic rings. The van der Waals surface area contributed by atoms with Crippen LogP contribution in [0.5, 0.6) is 11.5 Å². The average Bonchev–Trinajstić information content (AvgIpc) is 2.79. The number of methoxy groups -OCH3 is 2. The summed E-state index contributed by atoms with van der Waals surface area (Å²) in [7, 11) is 3.23. The number of pyridine rings is 1. The molecule has 0 saturated carbocycles. The molecule has 0 aliphatic heterocycles. The van der Waals surface area contributed by atoms with Crippen molar-refractivity contribution in [1.82, 2.24) is 4.98 Å². The molecule has 0 spiro atoms. The molecular weight excluding hydrogens is 428 g/mol. The van der Waals surface area contributed by atoms with Crippen LogP contribution in [0.25, 0.3) is 0 Å². The number of amides is 1. The predicted octanol–water partition coefficient (Wildman–Crippen LogP) is 6.54. The summed E-state index contributed by atoms with van der Waals surface area (Å²) in [6.07, 6.45) is 9.24. The molecule has 0 radical (unpaired) electrons. The van der Waals surface area contributed by atoms with Crippen molar-refractivity contribution in [2.45, 2.75) is 61.8 Å². The van der Waals surface area contributed by atoms with Crippen LogP contribution in [0, 0.1) is 6.92 Å². The summed E-state index contributed by atoms with van der Waals surface area (Å²) in [5.74, 6) is 1.01. The third-order valence-corrected chi connectivity index (χ3v) is 6.66. The number of carbonyl (C=O) groups is 1. The van der Waals surface area contributed by atoms with Gasteiger partial charge in [0.25, 0.3) is 0 Å². The van der Waals surface area contributed by atoms with Crippen molar-refractivity contribution in [3.8, 4) is 11.5 Å². The number of unbranched alkanes of at least 4 members (excludes halogenated alkanes) is 3. The van der Waals surface area contributed by atoms with E-state index in [0.29, 0.717) is 11.5 Å². The van der Waals surface area contributed by atoms with Gasteiger partial charge in [-0.05, 0) is 49.6 Å². The predicted molar refractivity (Wildman–Crippen MR) is 132 cm³/mol. The molecule has 1 atom stereocenters. The molecule has 7 heteroatoms. The molecule has 1 amide bonds. The van der Waals surface area contributed by atoms with Gasteiger partial charge in [0.15, 0.2) is 11.5 Å². The minimum Gasteiger partial charge on any atom is -0.493 e. The molecule has 0 bridgehead atoms. The van der Waals surface area contributed by atoms with Crippen LogP contribution in [0.3, 0.4) is 0 Å². The lowest BCUT2D eigenvalue weighted by atomic mass is 9.91. The van der Waals surface area contributed by atoms with Gasteiger partial charge in [-0.3, -0.25) is 4.79 Å². The highest BCUT2D eigenvalue weighted by molar-refractivity contribution is 7.99. The number of nitrogens with one attached hydrogen (secondary N) is 1. The van der Waals surface area contributed by atoms with Gasteiger partial charge in [-0.15, -0.1) is 23.5 Å². The van der Waals surface area contributed by atoms with Crippen LogP contribution in [0.15, 0.2) is 34.2 Å². The van der Waals surface area contributed by atoms with Crippen LogP contribution >= 0.6 is 23.5 Å². The number of anilines is 1. The molecule has 31 heavy (non-hydrogen) atoms. The first-order chi connectivity index (χ1) is 15.0. The first kappa shape index (κ1) is 25.4. The minimum absolute atomic E-state index is 0.0139. The molecule has 170 valence electrons. The second-order valence-corrected chi connectivity index (χ2v) is 9.00. The minimum atomic E-state index is -0.276. The van der Waals surface area contributed by atoms with Crippen molar-refractivity contribution >= 4 is 35.1 Å². The van der Waals surface area contributed by atoms with Crippen LogP contribution in [-0.4, -0.2) is 37.6 Å². The number of nitrogens with zero attached hydrogens (tertiary/aromatic N) is 1. The Kier molecular flexibility index (Phi) is 10.5. The van der Waals surface area contributed by atoms with Crippen molar-refractivity contribution in [2.75, 3.05) is 32.0 Å². The van der Waals surface area contributed by atoms with E-state index in [1.807, 2.05) is 43.7 Å². The number of hydrogen-bond donors (Lipinski definition) is 1. The number of benzene rings is 1. The van der Waals surface area contributed by atoms with Crippen molar-refractivity contribution in [3.05, 3.63) is 35.5 Å². The lowest BCUT2D eigenvalue weighted by Crippen LogP contribution is -2.22. The number of hydrogen-bond acceptors (Lipinski definition) is 6. The van der Waals surface area contributed by atoms with Crippen LogP contribution in [0.1, 0.15) is 56.2 Å². The van der Waals surface area contributed by atoms with Crippen LogP contribution < -0.4 is 14.8 Å². The van der Waals surface area contributed by atoms with Gasteiger partial charge in [-0.25, -0.2) is 4.98 Å². The first-order valence-electron chi connectivity index (χ1n) is 10.6. The van der Waals surface area contributed by atoms with E-state index in [4.69, 9.17) is 9.47 Å². The molecule has 0 aliphatic rings. The molecule has 0 fully saturated rings. The molecular formula is C24H34N2O3S2. The van der Waals surface area contributed by atoms with E-state index < -0.39 is 0 Å². The standard InChI is InChI=1S/C24H34N2O3S2/c1-7-8-9-10-11-18(17-12-13-19(28-3)20(15-17)29-4)23(27)26-22-21(30-5)14-16(2)25-24(22)31-6/h12-15,18H,7-11H2,1-6H3,(H,26,27). The number of ether oxygens (including phenoxy) is 2. The Morgan fingerprint density at radius 1 is 1.06 bits per heavy atom. The highest BCUT2D eigenvalue weighted by Gasteiger charge is 2.24. The Balaban J connectivity index is 2.37. The monoisotopic (exact) mass is 462 g/mol. The smallest absolute Gasteiger partial charge is 0.232 e. The second kappa shape index (κ2) is 12.9. The summed E-state index contributed by atoms with van der Waals surface area (Å²) in [6.45, 7) is 4.17. The van der Waals surface area contributed by atoms with E-state index in [9.17, 15) is 4.79 Å². The number of thioether (sulfide) groups is 2. The van der Waals surface area contributed by atoms with E-state index in [-0.39, 0.29) is 11.8 Å². The summed E-state index contributed by atoms with van der Waals surface area (Å²) < 4.78 is 10.9. The van der Waals surface area contributed by atoms with Gasteiger partial charge in [0.05, 0.1) is 25.8 Å². The van der Waals surface area contributed by atoms with E-state index in [1.54, 1.807) is 37.7 Å². The molecule has 0 aliphatic carbocycles. The Morgan fingerprint density at radius 2 is 1.81 bits per heavy atom. The maximum atomic E-state index is 13.5. The van der Waals surface area contributed by atoms with E-state index in [2.05, 4.69) is 17.2 Å². The zero-order valence-electron chi connectivity index (χ0n) is 19.4. The maximum absolute atomic E-state index is 13.5. The third-order valence-electron chi connectivity index (χ3n) is 5.21. The zero-order valence-corrected chi connectivity index (χ0v) is 21.0. The summed E-state index contributed by atoms with van der Waals surface area (Å²) in [4.78, 5) is 19.2. The number of rotatable bonds is 12. The number of aromatic nitrogens is 1. The highest BCUT2D eigenvalue weighted by Crippen LogP contribution is 2.37. The largest absolute Gasteiger partial charge is 0.493 e. The van der Waals surface area contributed by atoms with Crippen molar-refractivity contribution in [1.29, 1.82) is 0 Å². The fourth-order valence-electron chi connectivity index (χ4n) is 3.54. The molecule has 1 unspecified atom stereocenters. The number of carbonyl (C=O) groups excluding carboxylic acids is 1. The molecule has 0 saturated heterocycles. The highest BCUT2D eigenvalue weighted by atomic mass is 32.2. The van der Waals surface area contributed by atoms with Crippen LogP contribution in [0.2, 0.25) is 0 Å². The molecule has 1 N–H and O–H groups in total.